The average Bonchev–Trinajstić information content (AvgIpc) is 2.75. The molecule has 0 saturated heterocycles. The molecule has 0 amide bonds. The largest absolute Gasteiger partial charge is 0.457 e. The molecule has 2 aromatic heterocycles. The summed E-state index contributed by atoms with van der Waals surface area (Å²) in [6.07, 6.45) is 0. The number of rotatable bonds is 2. The van der Waals surface area contributed by atoms with Crippen molar-refractivity contribution < 1.29 is 4.42 Å². The molecule has 2 aromatic rings. The first-order chi connectivity index (χ1) is 6.27. The Morgan fingerprint density at radius 2 is 2.23 bits per heavy atom. The molecule has 0 aliphatic rings. The molecule has 0 aromatic carbocycles. The van der Waals surface area contributed by atoms with E-state index in [1.165, 1.54) is 0 Å². The van der Waals surface area contributed by atoms with Crippen LogP contribution in [0.25, 0.3) is 11.6 Å². The first kappa shape index (κ1) is 7.97. The minimum Gasteiger partial charge on any atom is -0.457 e. The van der Waals surface area contributed by atoms with Crippen LogP contribution < -0.4 is 0 Å². The molecular formula is C8H10N4O. The van der Waals surface area contributed by atoms with Crippen LogP contribution in [0.5, 0.6) is 0 Å². The number of hydrogen-bond donors (Lipinski definition) is 1. The molecule has 1 N–H and O–H groups in total. The van der Waals surface area contributed by atoms with Crippen LogP contribution in [0.1, 0.15) is 25.5 Å². The van der Waals surface area contributed by atoms with Gasteiger partial charge in [0.25, 0.3) is 0 Å². The third-order valence-electron chi connectivity index (χ3n) is 1.77. The van der Waals surface area contributed by atoms with Crippen LogP contribution in [0.3, 0.4) is 0 Å². The number of nitrogens with one attached hydrogen (secondary N) is 1. The zero-order valence-corrected chi connectivity index (χ0v) is 7.48. The standard InChI is InChI=1S/C8H10N4O/c1-5(2)6-3-4-7(13-6)8-9-11-12-10-8/h3-5H,1-2H3,(H,9,10,11,12). The van der Waals surface area contributed by atoms with Crippen molar-refractivity contribution in [1.29, 1.82) is 0 Å². The number of tetrazole rings is 1. The second kappa shape index (κ2) is 3.01. The van der Waals surface area contributed by atoms with Gasteiger partial charge in [0.05, 0.1) is 0 Å². The molecule has 5 heteroatoms. The Bertz CT molecular complexity index is 377. The number of hydrogen-bond acceptors (Lipinski definition) is 4. The van der Waals surface area contributed by atoms with Gasteiger partial charge in [-0.05, 0) is 22.6 Å². The van der Waals surface area contributed by atoms with Gasteiger partial charge in [-0.25, -0.2) is 5.10 Å². The van der Waals surface area contributed by atoms with Crippen LogP contribution in [0.2, 0.25) is 0 Å². The molecular weight excluding hydrogens is 168 g/mol. The third kappa shape index (κ3) is 1.44. The van der Waals surface area contributed by atoms with E-state index in [9.17, 15) is 0 Å². The van der Waals surface area contributed by atoms with E-state index in [1.54, 1.807) is 0 Å². The quantitative estimate of drug-likeness (QED) is 0.758. The molecule has 0 aliphatic heterocycles. The van der Waals surface area contributed by atoms with Crippen LogP contribution in [-0.4, -0.2) is 20.6 Å². The van der Waals surface area contributed by atoms with Crippen LogP contribution in [0, 0.1) is 0 Å². The van der Waals surface area contributed by atoms with Gasteiger partial charge in [0.15, 0.2) is 5.76 Å². The Hall–Kier alpha value is -1.65. The summed E-state index contributed by atoms with van der Waals surface area (Å²) >= 11 is 0. The van der Waals surface area contributed by atoms with Gasteiger partial charge in [-0.3, -0.25) is 0 Å². The Balaban J connectivity index is 2.33. The summed E-state index contributed by atoms with van der Waals surface area (Å²) < 4.78 is 5.52. The minimum absolute atomic E-state index is 0.379. The van der Waals surface area contributed by atoms with Crippen molar-refractivity contribution in [2.24, 2.45) is 0 Å². The van der Waals surface area contributed by atoms with Crippen molar-refractivity contribution >= 4 is 0 Å². The van der Waals surface area contributed by atoms with Crippen LogP contribution >= 0.6 is 0 Å². The van der Waals surface area contributed by atoms with Gasteiger partial charge < -0.3 is 4.42 Å². The number of aromatic nitrogens is 4. The van der Waals surface area contributed by atoms with Crippen molar-refractivity contribution in [1.82, 2.24) is 20.6 Å². The van der Waals surface area contributed by atoms with Gasteiger partial charge in [0.1, 0.15) is 5.76 Å². The van der Waals surface area contributed by atoms with Gasteiger partial charge in [0.2, 0.25) is 5.82 Å². The zero-order valence-electron chi connectivity index (χ0n) is 7.48. The van der Waals surface area contributed by atoms with Crippen LogP contribution in [0.15, 0.2) is 16.5 Å². The molecule has 0 unspecified atom stereocenters. The Kier molecular flexibility index (Phi) is 1.84. The maximum absolute atomic E-state index is 5.52. The normalized spacial score (nSPS) is 11.0. The van der Waals surface area contributed by atoms with E-state index < -0.39 is 0 Å². The van der Waals surface area contributed by atoms with E-state index in [4.69, 9.17) is 4.42 Å². The fourth-order valence-corrected chi connectivity index (χ4v) is 1.05. The molecule has 0 spiro atoms. The summed E-state index contributed by atoms with van der Waals surface area (Å²) in [6.45, 7) is 4.14. The van der Waals surface area contributed by atoms with Gasteiger partial charge in [-0.1, -0.05) is 13.8 Å². The van der Waals surface area contributed by atoms with Crippen molar-refractivity contribution in [2.75, 3.05) is 0 Å². The second-order valence-corrected chi connectivity index (χ2v) is 3.11. The summed E-state index contributed by atoms with van der Waals surface area (Å²) in [6, 6.07) is 3.79. The molecule has 0 fully saturated rings. The first-order valence-corrected chi connectivity index (χ1v) is 4.11. The molecule has 2 rings (SSSR count). The van der Waals surface area contributed by atoms with Crippen molar-refractivity contribution in [2.45, 2.75) is 19.8 Å². The fourth-order valence-electron chi connectivity index (χ4n) is 1.05. The topological polar surface area (TPSA) is 67.6 Å². The minimum atomic E-state index is 0.379. The summed E-state index contributed by atoms with van der Waals surface area (Å²) in [5.74, 6) is 2.55. The molecule has 13 heavy (non-hydrogen) atoms. The maximum atomic E-state index is 5.52. The van der Waals surface area contributed by atoms with Gasteiger partial charge in [-0.2, -0.15) is 0 Å². The number of nitrogens with zero attached hydrogens (tertiary/aromatic N) is 3. The maximum Gasteiger partial charge on any atom is 0.215 e. The number of aromatic amines is 1. The molecule has 0 aliphatic carbocycles. The number of H-pyrrole nitrogens is 1. The molecule has 0 saturated carbocycles. The first-order valence-electron chi connectivity index (χ1n) is 4.11. The van der Waals surface area contributed by atoms with Crippen molar-refractivity contribution in [3.63, 3.8) is 0 Å². The van der Waals surface area contributed by atoms with E-state index in [2.05, 4.69) is 34.5 Å². The van der Waals surface area contributed by atoms with Crippen molar-refractivity contribution in [3.05, 3.63) is 17.9 Å². The Morgan fingerprint density at radius 3 is 2.77 bits per heavy atom. The average molecular weight is 178 g/mol. The highest BCUT2D eigenvalue weighted by molar-refractivity contribution is 5.45. The predicted octanol–water partition coefficient (Wildman–Crippen LogP) is 1.58. The van der Waals surface area contributed by atoms with E-state index in [0.29, 0.717) is 17.5 Å². The van der Waals surface area contributed by atoms with Crippen molar-refractivity contribution in [3.8, 4) is 11.6 Å². The summed E-state index contributed by atoms with van der Waals surface area (Å²) in [4.78, 5) is 0. The smallest absolute Gasteiger partial charge is 0.215 e. The van der Waals surface area contributed by atoms with Gasteiger partial charge >= 0.3 is 0 Å². The summed E-state index contributed by atoms with van der Waals surface area (Å²) in [5.41, 5.74) is 0. The summed E-state index contributed by atoms with van der Waals surface area (Å²) in [5, 5.41) is 13.3. The SMILES string of the molecule is CC(C)c1ccc(-c2nnn[nH]2)o1. The molecule has 5 nitrogen and oxygen atoms in total. The zero-order chi connectivity index (χ0) is 9.26. The summed E-state index contributed by atoms with van der Waals surface area (Å²) in [7, 11) is 0. The van der Waals surface area contributed by atoms with Gasteiger partial charge in [-0.15, -0.1) is 5.10 Å². The lowest BCUT2D eigenvalue weighted by Gasteiger charge is -1.96. The van der Waals surface area contributed by atoms with Crippen LogP contribution in [0.4, 0.5) is 0 Å². The molecule has 68 valence electrons. The van der Waals surface area contributed by atoms with Crippen LogP contribution in [-0.2, 0) is 0 Å². The highest BCUT2D eigenvalue weighted by Gasteiger charge is 2.09. The highest BCUT2D eigenvalue weighted by Crippen LogP contribution is 2.22. The van der Waals surface area contributed by atoms with E-state index in [-0.39, 0.29) is 0 Å². The van der Waals surface area contributed by atoms with E-state index in [0.717, 1.165) is 5.76 Å². The van der Waals surface area contributed by atoms with E-state index >= 15 is 0 Å². The molecule has 0 radical (unpaired) electrons. The number of furan rings is 1. The Labute approximate surface area is 75.2 Å². The van der Waals surface area contributed by atoms with E-state index in [1.807, 2.05) is 12.1 Å². The highest BCUT2D eigenvalue weighted by atomic mass is 16.3. The lowest BCUT2D eigenvalue weighted by Crippen LogP contribution is -1.81. The Morgan fingerprint density at radius 1 is 1.38 bits per heavy atom. The second-order valence-electron chi connectivity index (χ2n) is 3.11. The molecule has 2 heterocycles. The molecule has 0 bridgehead atoms. The fraction of sp³-hybridized carbons (Fsp3) is 0.375. The molecule has 0 atom stereocenters. The lowest BCUT2D eigenvalue weighted by molar-refractivity contribution is 0.495. The van der Waals surface area contributed by atoms with Gasteiger partial charge in [0, 0.05) is 5.92 Å². The lowest BCUT2D eigenvalue weighted by atomic mass is 10.2. The third-order valence-corrected chi connectivity index (χ3v) is 1.77. The monoisotopic (exact) mass is 178 g/mol. The predicted molar refractivity (Wildman–Crippen MR) is 46.0 cm³/mol.